The average Bonchev–Trinajstić information content (AvgIpc) is 2.26. The zero-order valence-electron chi connectivity index (χ0n) is 12.3. The van der Waals surface area contributed by atoms with Gasteiger partial charge in [-0.2, -0.15) is 0 Å². The van der Waals surface area contributed by atoms with Crippen molar-refractivity contribution in [3.8, 4) is 0 Å². The van der Waals surface area contributed by atoms with Gasteiger partial charge < -0.3 is 10.4 Å². The monoisotopic (exact) mass is 255 g/mol. The molecule has 3 nitrogen and oxygen atoms in total. The molecule has 0 spiro atoms. The van der Waals surface area contributed by atoms with Gasteiger partial charge in [-0.15, -0.1) is 0 Å². The number of carbonyl (C=O) groups excluding carboxylic acids is 1. The fraction of sp³-hybridized carbons (Fsp3) is 0.933. The van der Waals surface area contributed by atoms with Crippen molar-refractivity contribution in [2.75, 3.05) is 0 Å². The van der Waals surface area contributed by atoms with E-state index in [4.69, 9.17) is 0 Å². The summed E-state index contributed by atoms with van der Waals surface area (Å²) in [6.07, 6.45) is 4.21. The Labute approximate surface area is 111 Å². The van der Waals surface area contributed by atoms with Crippen LogP contribution < -0.4 is 5.32 Å². The van der Waals surface area contributed by atoms with E-state index in [9.17, 15) is 9.90 Å². The highest BCUT2D eigenvalue weighted by Crippen LogP contribution is 2.33. The van der Waals surface area contributed by atoms with Crippen LogP contribution in [-0.4, -0.2) is 23.2 Å². The molecule has 0 heterocycles. The number of amides is 1. The zero-order chi connectivity index (χ0) is 13.7. The highest BCUT2D eigenvalue weighted by molar-refractivity contribution is 5.76. The van der Waals surface area contributed by atoms with Gasteiger partial charge in [0.25, 0.3) is 0 Å². The van der Waals surface area contributed by atoms with Crippen molar-refractivity contribution in [1.29, 1.82) is 0 Å². The first-order chi connectivity index (χ1) is 8.40. The quantitative estimate of drug-likeness (QED) is 0.793. The Balaban J connectivity index is 2.47. The van der Waals surface area contributed by atoms with Crippen LogP contribution in [0, 0.1) is 17.8 Å². The van der Waals surface area contributed by atoms with Crippen LogP contribution in [0.15, 0.2) is 0 Å². The van der Waals surface area contributed by atoms with Gasteiger partial charge in [0.05, 0.1) is 6.10 Å². The largest absolute Gasteiger partial charge is 0.393 e. The normalized spacial score (nSPS) is 30.2. The Bertz CT molecular complexity index is 263. The molecule has 1 aliphatic rings. The molecular formula is C15H29NO2. The smallest absolute Gasteiger partial charge is 0.220 e. The lowest BCUT2D eigenvalue weighted by Gasteiger charge is -2.37. The van der Waals surface area contributed by atoms with E-state index in [-0.39, 0.29) is 12.0 Å². The molecule has 0 aromatic rings. The molecule has 0 bridgehead atoms. The zero-order valence-corrected chi connectivity index (χ0v) is 12.3. The second-order valence-corrected chi connectivity index (χ2v) is 6.39. The van der Waals surface area contributed by atoms with E-state index in [2.05, 4.69) is 26.1 Å². The van der Waals surface area contributed by atoms with Crippen molar-refractivity contribution in [2.45, 2.75) is 71.9 Å². The molecule has 18 heavy (non-hydrogen) atoms. The van der Waals surface area contributed by atoms with E-state index in [1.165, 1.54) is 12.8 Å². The van der Waals surface area contributed by atoms with Gasteiger partial charge in [-0.3, -0.25) is 4.79 Å². The predicted octanol–water partition coefficient (Wildman–Crippen LogP) is 2.72. The molecule has 0 aromatic heterocycles. The van der Waals surface area contributed by atoms with Crippen molar-refractivity contribution < 1.29 is 9.90 Å². The first-order valence-electron chi connectivity index (χ1n) is 7.37. The van der Waals surface area contributed by atoms with Crippen LogP contribution in [0.5, 0.6) is 0 Å². The minimum absolute atomic E-state index is 0.0978. The molecule has 0 radical (unpaired) electrons. The summed E-state index contributed by atoms with van der Waals surface area (Å²) in [5, 5.41) is 12.4. The van der Waals surface area contributed by atoms with Crippen LogP contribution in [0.25, 0.3) is 0 Å². The van der Waals surface area contributed by atoms with Crippen molar-refractivity contribution in [2.24, 2.45) is 17.8 Å². The molecular weight excluding hydrogens is 226 g/mol. The summed E-state index contributed by atoms with van der Waals surface area (Å²) in [6, 6.07) is 0.329. The van der Waals surface area contributed by atoms with E-state index in [0.29, 0.717) is 36.6 Å². The van der Waals surface area contributed by atoms with E-state index < -0.39 is 0 Å². The molecule has 1 saturated carbocycles. The van der Waals surface area contributed by atoms with Crippen LogP contribution in [0.2, 0.25) is 0 Å². The van der Waals surface area contributed by atoms with E-state index in [0.717, 1.165) is 6.42 Å². The van der Waals surface area contributed by atoms with Gasteiger partial charge in [0, 0.05) is 12.5 Å². The molecule has 0 aromatic carbocycles. The lowest BCUT2D eigenvalue weighted by molar-refractivity contribution is -0.123. The van der Waals surface area contributed by atoms with Crippen molar-refractivity contribution in [3.63, 3.8) is 0 Å². The maximum atomic E-state index is 11.9. The van der Waals surface area contributed by atoms with E-state index >= 15 is 0 Å². The molecule has 1 amide bonds. The molecule has 1 fully saturated rings. The topological polar surface area (TPSA) is 49.3 Å². The third kappa shape index (κ3) is 4.97. The van der Waals surface area contributed by atoms with Crippen molar-refractivity contribution in [1.82, 2.24) is 5.32 Å². The second-order valence-electron chi connectivity index (χ2n) is 6.39. The lowest BCUT2D eigenvalue weighted by Crippen LogP contribution is -2.45. The fourth-order valence-electron chi connectivity index (χ4n) is 2.99. The second kappa shape index (κ2) is 7.13. The number of hydrogen-bond donors (Lipinski definition) is 2. The Morgan fingerprint density at radius 3 is 2.56 bits per heavy atom. The van der Waals surface area contributed by atoms with E-state index in [1.807, 2.05) is 0 Å². The maximum Gasteiger partial charge on any atom is 0.220 e. The SMILES string of the molecule is CC(O)CCC(=O)NC1CC(C)CCC1C(C)C. The van der Waals surface area contributed by atoms with Crippen LogP contribution in [0.3, 0.4) is 0 Å². The fourth-order valence-corrected chi connectivity index (χ4v) is 2.99. The predicted molar refractivity (Wildman–Crippen MR) is 74.2 cm³/mol. The number of aliphatic hydroxyl groups excluding tert-OH is 1. The highest BCUT2D eigenvalue weighted by atomic mass is 16.3. The Morgan fingerprint density at radius 2 is 2.00 bits per heavy atom. The van der Waals surface area contributed by atoms with Gasteiger partial charge in [0.1, 0.15) is 0 Å². The number of hydrogen-bond acceptors (Lipinski definition) is 2. The van der Waals surface area contributed by atoms with Crippen molar-refractivity contribution >= 4 is 5.91 Å². The average molecular weight is 255 g/mol. The van der Waals surface area contributed by atoms with Gasteiger partial charge in [0.2, 0.25) is 5.91 Å². The summed E-state index contributed by atoms with van der Waals surface area (Å²) in [5.74, 6) is 2.04. The van der Waals surface area contributed by atoms with Gasteiger partial charge in [-0.1, -0.05) is 27.2 Å². The third-order valence-corrected chi connectivity index (χ3v) is 4.16. The summed E-state index contributed by atoms with van der Waals surface area (Å²) in [6.45, 7) is 8.49. The minimum Gasteiger partial charge on any atom is -0.393 e. The number of carbonyl (C=O) groups is 1. The maximum absolute atomic E-state index is 11.9. The first-order valence-corrected chi connectivity index (χ1v) is 7.37. The van der Waals surface area contributed by atoms with Crippen LogP contribution >= 0.6 is 0 Å². The molecule has 106 valence electrons. The molecule has 0 saturated heterocycles. The van der Waals surface area contributed by atoms with Crippen molar-refractivity contribution in [3.05, 3.63) is 0 Å². The summed E-state index contributed by atoms with van der Waals surface area (Å²) >= 11 is 0. The van der Waals surface area contributed by atoms with Gasteiger partial charge >= 0.3 is 0 Å². The highest BCUT2D eigenvalue weighted by Gasteiger charge is 2.31. The molecule has 4 unspecified atom stereocenters. The van der Waals surface area contributed by atoms with E-state index in [1.54, 1.807) is 6.92 Å². The minimum atomic E-state index is -0.387. The summed E-state index contributed by atoms with van der Waals surface area (Å²) in [7, 11) is 0. The Hall–Kier alpha value is -0.570. The third-order valence-electron chi connectivity index (χ3n) is 4.16. The van der Waals surface area contributed by atoms with Gasteiger partial charge in [0.15, 0.2) is 0 Å². The van der Waals surface area contributed by atoms with Crippen LogP contribution in [0.1, 0.15) is 59.8 Å². The Kier molecular flexibility index (Phi) is 6.13. The van der Waals surface area contributed by atoms with Gasteiger partial charge in [-0.05, 0) is 43.9 Å². The lowest BCUT2D eigenvalue weighted by atomic mass is 9.74. The molecule has 0 aliphatic heterocycles. The molecule has 1 rings (SSSR count). The summed E-state index contributed by atoms with van der Waals surface area (Å²) in [5.41, 5.74) is 0. The number of rotatable bonds is 5. The first kappa shape index (κ1) is 15.5. The number of aliphatic hydroxyl groups is 1. The molecule has 3 heteroatoms. The molecule has 4 atom stereocenters. The number of nitrogens with one attached hydrogen (secondary N) is 1. The molecule has 2 N–H and O–H groups in total. The Morgan fingerprint density at radius 1 is 1.33 bits per heavy atom. The summed E-state index contributed by atoms with van der Waals surface area (Å²) < 4.78 is 0. The van der Waals surface area contributed by atoms with Crippen LogP contribution in [-0.2, 0) is 4.79 Å². The van der Waals surface area contributed by atoms with Gasteiger partial charge in [-0.25, -0.2) is 0 Å². The van der Waals surface area contributed by atoms with Crippen LogP contribution in [0.4, 0.5) is 0 Å². The standard InChI is InChI=1S/C15H29NO2/c1-10(2)13-7-5-11(3)9-14(13)16-15(18)8-6-12(4)17/h10-14,17H,5-9H2,1-4H3,(H,16,18). The summed E-state index contributed by atoms with van der Waals surface area (Å²) in [4.78, 5) is 11.9. The molecule has 1 aliphatic carbocycles.